The Hall–Kier alpha value is -3.84. The molecule has 8 heteroatoms. The van der Waals surface area contributed by atoms with Crippen molar-refractivity contribution in [3.8, 4) is 11.3 Å². The highest BCUT2D eigenvalue weighted by molar-refractivity contribution is 6.33. The Kier molecular flexibility index (Phi) is 4.89. The summed E-state index contributed by atoms with van der Waals surface area (Å²) in [5.41, 5.74) is 4.40. The van der Waals surface area contributed by atoms with Crippen molar-refractivity contribution >= 4 is 41.1 Å². The Labute approximate surface area is 176 Å². The molecule has 0 unspecified atom stereocenters. The lowest BCUT2D eigenvalue weighted by Gasteiger charge is -2.15. The molecular formula is C22H15ClN2O5. The third-order valence-corrected chi connectivity index (χ3v) is 5.02. The van der Waals surface area contributed by atoms with E-state index in [2.05, 4.69) is 5.43 Å². The van der Waals surface area contributed by atoms with Gasteiger partial charge < -0.3 is 9.52 Å². The van der Waals surface area contributed by atoms with E-state index in [1.807, 2.05) is 6.92 Å². The average molecular weight is 423 g/mol. The number of carboxylic acids is 1. The van der Waals surface area contributed by atoms with Crippen LogP contribution in [0.1, 0.15) is 21.7 Å². The number of carboxylic acid groups (broad SMARTS) is 1. The number of aromatic carboxylic acids is 1. The maximum absolute atomic E-state index is 12.7. The number of furan rings is 1. The normalized spacial score (nSPS) is 15.0. The molecule has 0 radical (unpaired) electrons. The number of hydrazine groups is 1. The van der Waals surface area contributed by atoms with Crippen LogP contribution in [0.5, 0.6) is 0 Å². The van der Waals surface area contributed by atoms with Gasteiger partial charge >= 0.3 is 5.97 Å². The predicted octanol–water partition coefficient (Wildman–Crippen LogP) is 4.07. The van der Waals surface area contributed by atoms with E-state index in [-0.39, 0.29) is 16.9 Å². The molecule has 0 atom stereocenters. The summed E-state index contributed by atoms with van der Waals surface area (Å²) in [6, 6.07) is 14.5. The summed E-state index contributed by atoms with van der Waals surface area (Å²) >= 11 is 6.12. The van der Waals surface area contributed by atoms with Gasteiger partial charge in [0.05, 0.1) is 11.3 Å². The fourth-order valence-electron chi connectivity index (χ4n) is 2.99. The molecule has 4 rings (SSSR count). The van der Waals surface area contributed by atoms with Gasteiger partial charge in [-0.3, -0.25) is 15.0 Å². The summed E-state index contributed by atoms with van der Waals surface area (Å²) in [7, 11) is 0. The van der Waals surface area contributed by atoms with Gasteiger partial charge in [0.25, 0.3) is 11.8 Å². The largest absolute Gasteiger partial charge is 0.478 e. The minimum absolute atomic E-state index is 0.0908. The monoisotopic (exact) mass is 422 g/mol. The van der Waals surface area contributed by atoms with Crippen molar-refractivity contribution in [2.75, 3.05) is 5.01 Å². The Balaban J connectivity index is 1.62. The molecule has 7 nitrogen and oxygen atoms in total. The van der Waals surface area contributed by atoms with Crippen LogP contribution in [-0.4, -0.2) is 22.9 Å². The molecule has 1 aromatic heterocycles. The van der Waals surface area contributed by atoms with Crippen molar-refractivity contribution in [1.82, 2.24) is 5.43 Å². The minimum atomic E-state index is -1.05. The Morgan fingerprint density at radius 2 is 1.93 bits per heavy atom. The highest BCUT2D eigenvalue weighted by atomic mass is 35.5. The molecule has 2 amide bonds. The molecule has 2 heterocycles. The second kappa shape index (κ2) is 7.53. The van der Waals surface area contributed by atoms with E-state index in [1.165, 1.54) is 18.2 Å². The topological polar surface area (TPSA) is 99.8 Å². The maximum Gasteiger partial charge on any atom is 0.335 e. The van der Waals surface area contributed by atoms with Gasteiger partial charge in [-0.25, -0.2) is 9.80 Å². The number of benzene rings is 2. The minimum Gasteiger partial charge on any atom is -0.478 e. The van der Waals surface area contributed by atoms with Crippen molar-refractivity contribution in [3.05, 3.63) is 82.1 Å². The van der Waals surface area contributed by atoms with Crippen molar-refractivity contribution in [2.45, 2.75) is 6.92 Å². The van der Waals surface area contributed by atoms with Gasteiger partial charge in [-0.15, -0.1) is 0 Å². The van der Waals surface area contributed by atoms with Gasteiger partial charge in [0.1, 0.15) is 17.1 Å². The number of amides is 2. The molecule has 0 bridgehead atoms. The van der Waals surface area contributed by atoms with E-state index in [9.17, 15) is 14.4 Å². The summed E-state index contributed by atoms with van der Waals surface area (Å²) in [5.74, 6) is -1.45. The standard InChI is InChI=1S/C22H15ClN2O5/c1-12-5-6-15(10-18(12)23)25-21(27)17(20(26)24-25)11-16-7-8-19(30-16)13-3-2-4-14(9-13)22(28)29/h2-11H,1H3,(H,24,26)(H,28,29)/b17-11-. The van der Waals surface area contributed by atoms with Crippen molar-refractivity contribution in [2.24, 2.45) is 0 Å². The number of nitrogens with one attached hydrogen (secondary N) is 1. The maximum atomic E-state index is 12.7. The van der Waals surface area contributed by atoms with Crippen molar-refractivity contribution in [3.63, 3.8) is 0 Å². The molecule has 1 fully saturated rings. The average Bonchev–Trinajstić information content (AvgIpc) is 3.30. The number of halogens is 1. The second-order valence-corrected chi connectivity index (χ2v) is 7.07. The first-order valence-corrected chi connectivity index (χ1v) is 9.28. The van der Waals surface area contributed by atoms with Crippen LogP contribution in [-0.2, 0) is 9.59 Å². The highest BCUT2D eigenvalue weighted by Gasteiger charge is 2.35. The van der Waals surface area contributed by atoms with E-state index in [0.29, 0.717) is 22.0 Å². The van der Waals surface area contributed by atoms with Gasteiger partial charge in [-0.1, -0.05) is 29.8 Å². The summed E-state index contributed by atoms with van der Waals surface area (Å²) < 4.78 is 5.70. The molecule has 1 aliphatic rings. The zero-order chi connectivity index (χ0) is 21.4. The van der Waals surface area contributed by atoms with Crippen LogP contribution < -0.4 is 10.4 Å². The van der Waals surface area contributed by atoms with Crippen LogP contribution >= 0.6 is 11.6 Å². The Morgan fingerprint density at radius 1 is 1.13 bits per heavy atom. The van der Waals surface area contributed by atoms with Crippen LogP contribution in [0.15, 0.2) is 64.6 Å². The zero-order valence-corrected chi connectivity index (χ0v) is 16.4. The van der Waals surface area contributed by atoms with E-state index in [4.69, 9.17) is 21.1 Å². The lowest BCUT2D eigenvalue weighted by molar-refractivity contribution is -0.117. The van der Waals surface area contributed by atoms with Gasteiger partial charge in [-0.2, -0.15) is 0 Å². The fourth-order valence-corrected chi connectivity index (χ4v) is 3.17. The summed E-state index contributed by atoms with van der Waals surface area (Å²) in [4.78, 5) is 36.2. The van der Waals surface area contributed by atoms with Crippen molar-refractivity contribution < 1.29 is 23.9 Å². The molecule has 2 aromatic carbocycles. The quantitative estimate of drug-likeness (QED) is 0.487. The molecule has 2 N–H and O–H groups in total. The number of rotatable bonds is 4. The lowest BCUT2D eigenvalue weighted by Crippen LogP contribution is -2.35. The van der Waals surface area contributed by atoms with Crippen LogP contribution in [0, 0.1) is 6.92 Å². The SMILES string of the molecule is Cc1ccc(N2NC(=O)/C(=C/c3ccc(-c4cccc(C(=O)O)c4)o3)C2=O)cc1Cl. The number of nitrogens with zero attached hydrogens (tertiary/aromatic N) is 1. The van der Waals surface area contributed by atoms with Crippen LogP contribution in [0.25, 0.3) is 17.4 Å². The van der Waals surface area contributed by atoms with E-state index < -0.39 is 17.8 Å². The number of carbonyl (C=O) groups is 3. The van der Waals surface area contributed by atoms with Crippen LogP contribution in [0.2, 0.25) is 5.02 Å². The zero-order valence-electron chi connectivity index (χ0n) is 15.7. The van der Waals surface area contributed by atoms with Gasteiger partial charge in [0.15, 0.2) is 0 Å². The summed E-state index contributed by atoms with van der Waals surface area (Å²) in [5, 5.41) is 10.7. The van der Waals surface area contributed by atoms with Gasteiger partial charge in [0.2, 0.25) is 0 Å². The van der Waals surface area contributed by atoms with E-state index in [1.54, 1.807) is 42.5 Å². The number of hydrogen-bond acceptors (Lipinski definition) is 4. The molecule has 150 valence electrons. The second-order valence-electron chi connectivity index (χ2n) is 6.66. The van der Waals surface area contributed by atoms with Crippen LogP contribution in [0.3, 0.4) is 0 Å². The highest BCUT2D eigenvalue weighted by Crippen LogP contribution is 2.28. The van der Waals surface area contributed by atoms with Crippen molar-refractivity contribution in [1.29, 1.82) is 0 Å². The predicted molar refractivity (Wildman–Crippen MR) is 111 cm³/mol. The number of hydrogen-bond donors (Lipinski definition) is 2. The number of aryl methyl sites for hydroxylation is 1. The lowest BCUT2D eigenvalue weighted by atomic mass is 10.1. The van der Waals surface area contributed by atoms with Gasteiger partial charge in [-0.05, 0) is 55.0 Å². The molecule has 0 saturated carbocycles. The third kappa shape index (κ3) is 3.58. The Bertz CT molecular complexity index is 1230. The first-order chi connectivity index (χ1) is 14.3. The molecule has 1 aliphatic heterocycles. The Morgan fingerprint density at radius 3 is 2.67 bits per heavy atom. The first kappa shape index (κ1) is 19.5. The van der Waals surface area contributed by atoms with Gasteiger partial charge in [0, 0.05) is 10.6 Å². The molecule has 1 saturated heterocycles. The smallest absolute Gasteiger partial charge is 0.335 e. The number of carbonyl (C=O) groups excluding carboxylic acids is 2. The van der Waals surface area contributed by atoms with Crippen LogP contribution in [0.4, 0.5) is 5.69 Å². The third-order valence-electron chi connectivity index (χ3n) is 4.61. The summed E-state index contributed by atoms with van der Waals surface area (Å²) in [6.45, 7) is 1.84. The molecule has 0 aliphatic carbocycles. The van der Waals surface area contributed by atoms with E-state index >= 15 is 0 Å². The molecule has 0 spiro atoms. The molecule has 30 heavy (non-hydrogen) atoms. The fraction of sp³-hybridized carbons (Fsp3) is 0.0455. The summed E-state index contributed by atoms with van der Waals surface area (Å²) in [6.07, 6.45) is 1.35. The number of anilines is 1. The van der Waals surface area contributed by atoms with E-state index in [0.717, 1.165) is 10.6 Å². The molecule has 3 aromatic rings. The molecular weight excluding hydrogens is 408 g/mol. The first-order valence-electron chi connectivity index (χ1n) is 8.90.